The van der Waals surface area contributed by atoms with Crippen LogP contribution in [0.3, 0.4) is 0 Å². The van der Waals surface area contributed by atoms with Crippen LogP contribution in [-0.2, 0) is 0 Å². The molecule has 0 saturated carbocycles. The van der Waals surface area contributed by atoms with E-state index in [0.717, 1.165) is 15.4 Å². The maximum absolute atomic E-state index is 11.7. The molecular weight excluding hydrogens is 374 g/mol. The number of pyridine rings is 1. The first-order valence-electron chi connectivity index (χ1n) is 5.53. The number of urea groups is 1. The number of carbonyl (C=O) groups is 1. The summed E-state index contributed by atoms with van der Waals surface area (Å²) in [4.78, 5) is 17.6. The van der Waals surface area contributed by atoms with E-state index >= 15 is 0 Å². The quantitative estimate of drug-likeness (QED) is 0.840. The Kier molecular flexibility index (Phi) is 4.93. The van der Waals surface area contributed by atoms with Gasteiger partial charge in [0.15, 0.2) is 0 Å². The molecule has 0 aliphatic heterocycles. The Hall–Kier alpha value is -1.40. The van der Waals surface area contributed by atoms with Crippen molar-refractivity contribution < 1.29 is 4.79 Å². The number of nitrogens with one attached hydrogen (secondary N) is 2. The number of benzene rings is 1. The summed E-state index contributed by atoms with van der Waals surface area (Å²) in [5.41, 5.74) is 1.56. The highest BCUT2D eigenvalue weighted by atomic mass is 79.9. The van der Waals surface area contributed by atoms with Crippen LogP contribution in [0.15, 0.2) is 46.0 Å². The van der Waals surface area contributed by atoms with E-state index in [9.17, 15) is 4.79 Å². The minimum absolute atomic E-state index is 0.275. The molecule has 2 N–H and O–H groups in total. The number of aromatic nitrogens is 1. The number of rotatable bonds is 3. The summed E-state index contributed by atoms with van der Waals surface area (Å²) in [6, 6.07) is 9.36. The molecule has 1 aromatic carbocycles. The molecule has 0 fully saturated rings. The van der Waals surface area contributed by atoms with Gasteiger partial charge < -0.3 is 10.6 Å². The molecule has 0 saturated heterocycles. The van der Waals surface area contributed by atoms with Crippen LogP contribution in [0.2, 0.25) is 0 Å². The molecule has 1 heterocycles. The van der Waals surface area contributed by atoms with E-state index in [2.05, 4.69) is 47.5 Å². The number of anilines is 1. The Morgan fingerprint density at radius 1 is 1.37 bits per heavy atom. The molecule has 0 atom stereocenters. The number of nitrogens with zero attached hydrogens (tertiary/aromatic N) is 1. The molecule has 2 amide bonds. The van der Waals surface area contributed by atoms with E-state index < -0.39 is 0 Å². The second-order valence-electron chi connectivity index (χ2n) is 3.78. The smallest absolute Gasteiger partial charge is 0.319 e. The van der Waals surface area contributed by atoms with Gasteiger partial charge >= 0.3 is 6.03 Å². The van der Waals surface area contributed by atoms with Gasteiger partial charge in [0.1, 0.15) is 0 Å². The lowest BCUT2D eigenvalue weighted by Gasteiger charge is -2.07. The second kappa shape index (κ2) is 6.68. The van der Waals surface area contributed by atoms with Gasteiger partial charge in [-0.05, 0) is 17.1 Å². The SMILES string of the molecule is O=C(NC/C(Br)=C\Br)Nc1cnc2ccccc2c1. The lowest BCUT2D eigenvalue weighted by Crippen LogP contribution is -2.29. The Morgan fingerprint density at radius 2 is 2.16 bits per heavy atom. The Balaban J connectivity index is 2.03. The van der Waals surface area contributed by atoms with Gasteiger partial charge in [0.05, 0.1) is 23.9 Å². The molecule has 0 aliphatic carbocycles. The average Bonchev–Trinajstić information content (AvgIpc) is 2.44. The topological polar surface area (TPSA) is 54.0 Å². The van der Waals surface area contributed by atoms with Gasteiger partial charge in [-0.25, -0.2) is 4.79 Å². The predicted molar refractivity (Wildman–Crippen MR) is 84.7 cm³/mol. The van der Waals surface area contributed by atoms with E-state index in [1.165, 1.54) is 0 Å². The minimum atomic E-state index is -0.275. The van der Waals surface area contributed by atoms with Crippen LogP contribution < -0.4 is 10.6 Å². The number of hydrogen-bond acceptors (Lipinski definition) is 2. The van der Waals surface area contributed by atoms with Crippen molar-refractivity contribution in [2.24, 2.45) is 0 Å². The van der Waals surface area contributed by atoms with E-state index in [0.29, 0.717) is 12.2 Å². The molecule has 0 radical (unpaired) electrons. The molecule has 4 nitrogen and oxygen atoms in total. The second-order valence-corrected chi connectivity index (χ2v) is 5.26. The maximum Gasteiger partial charge on any atom is 0.319 e. The molecule has 2 aromatic rings. The highest BCUT2D eigenvalue weighted by Gasteiger charge is 2.03. The summed E-state index contributed by atoms with van der Waals surface area (Å²) in [5, 5.41) is 6.43. The van der Waals surface area contributed by atoms with Crippen molar-refractivity contribution in [3.05, 3.63) is 46.0 Å². The van der Waals surface area contributed by atoms with Crippen molar-refractivity contribution in [2.75, 3.05) is 11.9 Å². The maximum atomic E-state index is 11.7. The molecule has 0 bridgehead atoms. The lowest BCUT2D eigenvalue weighted by molar-refractivity contribution is 0.253. The summed E-state index contributed by atoms with van der Waals surface area (Å²) in [7, 11) is 0. The first-order chi connectivity index (χ1) is 9.19. The van der Waals surface area contributed by atoms with Crippen LogP contribution in [0.1, 0.15) is 0 Å². The van der Waals surface area contributed by atoms with Gasteiger partial charge in [0.2, 0.25) is 0 Å². The standard InChI is InChI=1S/C13H11Br2N3O/c14-6-10(15)7-17-13(19)18-11-5-9-3-1-2-4-12(9)16-8-11/h1-6,8H,7H2,(H2,17,18,19)/b10-6+. The van der Waals surface area contributed by atoms with Crippen molar-refractivity contribution in [3.63, 3.8) is 0 Å². The predicted octanol–water partition coefficient (Wildman–Crippen LogP) is 3.99. The zero-order valence-corrected chi connectivity index (χ0v) is 13.0. The van der Waals surface area contributed by atoms with E-state index in [4.69, 9.17) is 0 Å². The fraction of sp³-hybridized carbons (Fsp3) is 0.0769. The largest absolute Gasteiger partial charge is 0.333 e. The van der Waals surface area contributed by atoms with Crippen molar-refractivity contribution in [1.29, 1.82) is 0 Å². The van der Waals surface area contributed by atoms with Gasteiger partial charge in [-0.2, -0.15) is 0 Å². The fourth-order valence-electron chi connectivity index (χ4n) is 1.52. The summed E-state index contributed by atoms with van der Waals surface area (Å²) in [5.74, 6) is 0. The van der Waals surface area contributed by atoms with Crippen molar-refractivity contribution in [2.45, 2.75) is 0 Å². The zero-order valence-electron chi connectivity index (χ0n) is 9.86. The molecule has 0 unspecified atom stereocenters. The average molecular weight is 385 g/mol. The number of fused-ring (bicyclic) bond motifs is 1. The molecular formula is C13H11Br2N3O. The van der Waals surface area contributed by atoms with E-state index in [1.54, 1.807) is 11.2 Å². The number of carbonyl (C=O) groups excluding carboxylic acids is 1. The fourth-order valence-corrected chi connectivity index (χ4v) is 1.82. The first-order valence-corrected chi connectivity index (χ1v) is 7.24. The summed E-state index contributed by atoms with van der Waals surface area (Å²) < 4.78 is 0.847. The number of halogens is 2. The van der Waals surface area contributed by atoms with E-state index in [1.807, 2.05) is 30.3 Å². The van der Waals surface area contributed by atoms with Crippen LogP contribution in [0.25, 0.3) is 10.9 Å². The third-order valence-corrected chi connectivity index (χ3v) is 4.06. The van der Waals surface area contributed by atoms with Crippen LogP contribution >= 0.6 is 31.9 Å². The van der Waals surface area contributed by atoms with Gasteiger partial charge in [0, 0.05) is 9.87 Å². The number of amides is 2. The summed E-state index contributed by atoms with van der Waals surface area (Å²) in [6.07, 6.45) is 1.64. The van der Waals surface area contributed by atoms with Gasteiger partial charge in [-0.3, -0.25) is 4.98 Å². The molecule has 6 heteroatoms. The van der Waals surface area contributed by atoms with Crippen LogP contribution in [0.5, 0.6) is 0 Å². The minimum Gasteiger partial charge on any atom is -0.333 e. The van der Waals surface area contributed by atoms with Gasteiger partial charge in [-0.1, -0.05) is 50.1 Å². The molecule has 0 aliphatic rings. The highest BCUT2D eigenvalue weighted by Crippen LogP contribution is 2.15. The van der Waals surface area contributed by atoms with Crippen LogP contribution in [0.4, 0.5) is 10.5 Å². The number of hydrogen-bond donors (Lipinski definition) is 2. The Morgan fingerprint density at radius 3 is 2.95 bits per heavy atom. The van der Waals surface area contributed by atoms with Crippen LogP contribution in [0, 0.1) is 0 Å². The van der Waals surface area contributed by atoms with Crippen molar-refractivity contribution in [3.8, 4) is 0 Å². The molecule has 0 spiro atoms. The molecule has 1 aromatic heterocycles. The first kappa shape index (κ1) is 14.0. The van der Waals surface area contributed by atoms with E-state index in [-0.39, 0.29) is 6.03 Å². The zero-order chi connectivity index (χ0) is 13.7. The Labute approximate surface area is 127 Å². The third kappa shape index (κ3) is 4.04. The monoisotopic (exact) mass is 383 g/mol. The lowest BCUT2D eigenvalue weighted by atomic mass is 10.2. The van der Waals surface area contributed by atoms with Crippen LogP contribution in [-0.4, -0.2) is 17.6 Å². The normalized spacial score (nSPS) is 11.4. The van der Waals surface area contributed by atoms with Crippen molar-refractivity contribution in [1.82, 2.24) is 10.3 Å². The Bertz CT molecular complexity index is 628. The molecule has 98 valence electrons. The van der Waals surface area contributed by atoms with Gasteiger partial charge in [0.25, 0.3) is 0 Å². The molecule has 19 heavy (non-hydrogen) atoms. The number of para-hydroxylation sites is 1. The van der Waals surface area contributed by atoms with Crippen molar-refractivity contribution >= 4 is 54.5 Å². The van der Waals surface area contributed by atoms with Gasteiger partial charge in [-0.15, -0.1) is 0 Å². The highest BCUT2D eigenvalue weighted by molar-refractivity contribution is 9.14. The third-order valence-electron chi connectivity index (χ3n) is 2.38. The summed E-state index contributed by atoms with van der Waals surface area (Å²) in [6.45, 7) is 0.415. The summed E-state index contributed by atoms with van der Waals surface area (Å²) >= 11 is 6.45. The molecule has 2 rings (SSSR count).